The third-order valence-corrected chi connectivity index (χ3v) is 17.2. The molecule has 16 rings (SSSR count). The largest absolute Gasteiger partial charge is 0.309 e. The second-order valence-electron chi connectivity index (χ2n) is 19.8. The Labute approximate surface area is 444 Å². The van der Waals surface area contributed by atoms with Crippen molar-refractivity contribution in [1.29, 1.82) is 0 Å². The van der Waals surface area contributed by atoms with Gasteiger partial charge in [-0.3, -0.25) is 0 Å². The number of hydrogen-bond acceptors (Lipinski definition) is 1. The van der Waals surface area contributed by atoms with E-state index in [0.29, 0.717) is 0 Å². The Hall–Kier alpha value is -9.00. The molecule has 0 unspecified atom stereocenters. The summed E-state index contributed by atoms with van der Waals surface area (Å²) < 4.78 is 10.9. The van der Waals surface area contributed by atoms with Gasteiger partial charge in [-0.1, -0.05) is 155 Å². The molecule has 0 saturated carbocycles. The Balaban J connectivity index is 0.776. The van der Waals surface area contributed by atoms with Crippen molar-refractivity contribution in [2.24, 2.45) is 0 Å². The minimum absolute atomic E-state index is 1.05. The van der Waals surface area contributed by atoms with Crippen LogP contribution in [0.25, 0.3) is 147 Å². The maximum atomic E-state index is 3.96. The molecule has 0 N–H and O–H groups in total. The van der Waals surface area contributed by atoms with Crippen LogP contribution >= 0.6 is 27.3 Å². The van der Waals surface area contributed by atoms with Gasteiger partial charge in [-0.15, -0.1) is 11.3 Å². The van der Waals surface area contributed by atoms with E-state index in [9.17, 15) is 0 Å². The number of benzene rings is 12. The quantitative estimate of drug-likeness (QED) is 0.158. The first-order valence-corrected chi connectivity index (χ1v) is 27.1. The second kappa shape index (κ2) is 16.5. The average Bonchev–Trinajstić information content (AvgIpc) is 4.20. The van der Waals surface area contributed by atoms with Crippen LogP contribution in [0.4, 0.5) is 0 Å². The molecule has 0 bridgehead atoms. The number of nitrogens with zero attached hydrogens (tertiary/aromatic N) is 3. The van der Waals surface area contributed by atoms with E-state index in [2.05, 4.69) is 284 Å². The SMILES string of the molecule is Brc1cc(-c2ccc3c(c2)c2ccccc2n3-c2cccc(-c3ccc4c5ccccc5n(-c5ccccc5)c4c3)c2)cc(-c2ccc3c(c2)c2ccccc2n3-c2ccc3c(c2)sc2cc4ccccc4cc23)c1. The molecule has 0 fully saturated rings. The highest BCUT2D eigenvalue weighted by molar-refractivity contribution is 9.10. The molecule has 16 aromatic rings. The maximum Gasteiger partial charge on any atom is 0.0547 e. The Bertz CT molecular complexity index is 5030. The molecule has 0 atom stereocenters. The van der Waals surface area contributed by atoms with Gasteiger partial charge in [0.15, 0.2) is 0 Å². The van der Waals surface area contributed by atoms with E-state index < -0.39 is 0 Å². The van der Waals surface area contributed by atoms with Crippen molar-refractivity contribution in [1.82, 2.24) is 13.7 Å². The number of hydrogen-bond donors (Lipinski definition) is 0. The molecule has 0 aliphatic rings. The summed E-state index contributed by atoms with van der Waals surface area (Å²) in [5, 5.41) is 12.6. The van der Waals surface area contributed by atoms with Gasteiger partial charge in [0.05, 0.1) is 33.1 Å². The van der Waals surface area contributed by atoms with Crippen LogP contribution in [0.3, 0.4) is 0 Å². The second-order valence-corrected chi connectivity index (χ2v) is 21.8. The lowest BCUT2D eigenvalue weighted by Crippen LogP contribution is -1.95. The molecule has 350 valence electrons. The topological polar surface area (TPSA) is 14.8 Å². The number of halogens is 1. The lowest BCUT2D eigenvalue weighted by atomic mass is 9.97. The Morgan fingerprint density at radius 1 is 0.240 bits per heavy atom. The highest BCUT2D eigenvalue weighted by atomic mass is 79.9. The number of rotatable bonds is 6. The predicted octanol–water partition coefficient (Wildman–Crippen LogP) is 20.3. The summed E-state index contributed by atoms with van der Waals surface area (Å²) in [5.74, 6) is 0. The zero-order valence-electron chi connectivity index (χ0n) is 40.4. The highest BCUT2D eigenvalue weighted by Gasteiger charge is 2.19. The van der Waals surface area contributed by atoms with E-state index >= 15 is 0 Å². The van der Waals surface area contributed by atoms with Gasteiger partial charge in [0.1, 0.15) is 0 Å². The first kappa shape index (κ1) is 42.5. The molecule has 3 nitrogen and oxygen atoms in total. The predicted molar refractivity (Wildman–Crippen MR) is 324 cm³/mol. The van der Waals surface area contributed by atoms with Crippen molar-refractivity contribution < 1.29 is 0 Å². The van der Waals surface area contributed by atoms with Crippen LogP contribution in [0.5, 0.6) is 0 Å². The summed E-state index contributed by atoms with van der Waals surface area (Å²) in [6.45, 7) is 0. The van der Waals surface area contributed by atoms with Crippen molar-refractivity contribution >= 4 is 124 Å². The van der Waals surface area contributed by atoms with Crippen LogP contribution in [0.1, 0.15) is 0 Å². The number of para-hydroxylation sites is 4. The molecule has 0 spiro atoms. The molecule has 5 heteroatoms. The van der Waals surface area contributed by atoms with Crippen molar-refractivity contribution in [3.05, 3.63) is 259 Å². The van der Waals surface area contributed by atoms with E-state index in [4.69, 9.17) is 0 Å². The third-order valence-electron chi connectivity index (χ3n) is 15.6. The lowest BCUT2D eigenvalue weighted by molar-refractivity contribution is 1.18. The summed E-state index contributed by atoms with van der Waals surface area (Å²) in [6.07, 6.45) is 0. The van der Waals surface area contributed by atoms with Gasteiger partial charge < -0.3 is 13.7 Å². The molecule has 75 heavy (non-hydrogen) atoms. The van der Waals surface area contributed by atoms with Gasteiger partial charge in [0.2, 0.25) is 0 Å². The molecule has 0 amide bonds. The number of aromatic nitrogens is 3. The molecular formula is C70H42BrN3S. The standard InChI is InChI=1S/C70H42BrN3S/c71-51-34-49(33-50(35-51)47-27-32-67-61(38-47)57-21-8-11-24-65(57)74(67)54-28-30-59-62-39-44-13-4-5-14-45(44)41-69(62)75-70(59)42-54)46-26-31-66-60(37-46)56-20-7-10-23-64(56)73(66)53-18-12-15-43(36-53)48-25-29-58-55-19-6-9-22-63(55)72(68(58)40-48)52-16-2-1-3-17-52/h1-42H. The maximum absolute atomic E-state index is 3.96. The molecule has 0 radical (unpaired) electrons. The van der Waals surface area contributed by atoms with Crippen molar-refractivity contribution in [3.8, 4) is 50.4 Å². The Morgan fingerprint density at radius 2 is 0.707 bits per heavy atom. The van der Waals surface area contributed by atoms with Gasteiger partial charge in [-0.25, -0.2) is 0 Å². The van der Waals surface area contributed by atoms with E-state index in [1.54, 1.807) is 0 Å². The monoisotopic (exact) mass is 1040 g/mol. The number of thiophene rings is 1. The van der Waals surface area contributed by atoms with Crippen LogP contribution in [0.15, 0.2) is 259 Å². The van der Waals surface area contributed by atoms with Crippen molar-refractivity contribution in [2.45, 2.75) is 0 Å². The van der Waals surface area contributed by atoms with E-state index in [0.717, 1.165) is 21.4 Å². The molecule has 4 heterocycles. The van der Waals surface area contributed by atoms with Crippen molar-refractivity contribution in [2.75, 3.05) is 0 Å². The zero-order valence-corrected chi connectivity index (χ0v) is 42.8. The fourth-order valence-electron chi connectivity index (χ4n) is 12.2. The highest BCUT2D eigenvalue weighted by Crippen LogP contribution is 2.43. The van der Waals surface area contributed by atoms with Crippen LogP contribution in [0, 0.1) is 0 Å². The molecular weight excluding hydrogens is 995 g/mol. The fraction of sp³-hybridized carbons (Fsp3) is 0. The number of fused-ring (bicyclic) bond motifs is 13. The first-order chi connectivity index (χ1) is 37.1. The van der Waals surface area contributed by atoms with Gasteiger partial charge in [-0.05, 0) is 159 Å². The third kappa shape index (κ3) is 6.65. The van der Waals surface area contributed by atoms with Gasteiger partial charge >= 0.3 is 0 Å². The summed E-state index contributed by atoms with van der Waals surface area (Å²) in [4.78, 5) is 0. The molecule has 0 aliphatic heterocycles. The summed E-state index contributed by atoms with van der Waals surface area (Å²) in [7, 11) is 0. The Kier molecular flexibility index (Phi) is 9.35. The van der Waals surface area contributed by atoms with Crippen LogP contribution in [-0.4, -0.2) is 13.7 Å². The summed E-state index contributed by atoms with van der Waals surface area (Å²) >= 11 is 5.84. The average molecular weight is 1040 g/mol. The summed E-state index contributed by atoms with van der Waals surface area (Å²) in [5.41, 5.74) is 17.7. The summed E-state index contributed by atoms with van der Waals surface area (Å²) in [6, 6.07) is 94.2. The Morgan fingerprint density at radius 3 is 1.37 bits per heavy atom. The smallest absolute Gasteiger partial charge is 0.0547 e. The van der Waals surface area contributed by atoms with Gasteiger partial charge in [-0.2, -0.15) is 0 Å². The zero-order chi connectivity index (χ0) is 49.3. The van der Waals surface area contributed by atoms with Crippen LogP contribution < -0.4 is 0 Å². The van der Waals surface area contributed by atoms with Crippen molar-refractivity contribution in [3.63, 3.8) is 0 Å². The normalized spacial score (nSPS) is 12.1. The first-order valence-electron chi connectivity index (χ1n) is 25.5. The molecule has 0 aliphatic carbocycles. The molecule has 0 saturated heterocycles. The van der Waals surface area contributed by atoms with Crippen LogP contribution in [0.2, 0.25) is 0 Å². The van der Waals surface area contributed by atoms with E-state index in [-0.39, 0.29) is 0 Å². The van der Waals surface area contributed by atoms with E-state index in [1.807, 2.05) is 11.3 Å². The van der Waals surface area contributed by atoms with Gasteiger partial charge in [0.25, 0.3) is 0 Å². The molecule has 4 aromatic heterocycles. The minimum atomic E-state index is 1.05. The van der Waals surface area contributed by atoms with E-state index in [1.165, 1.54) is 130 Å². The fourth-order valence-corrected chi connectivity index (χ4v) is 13.9. The lowest BCUT2D eigenvalue weighted by Gasteiger charge is -2.12. The minimum Gasteiger partial charge on any atom is -0.309 e. The van der Waals surface area contributed by atoms with Gasteiger partial charge in [0, 0.05) is 74.0 Å². The molecule has 12 aromatic carbocycles. The van der Waals surface area contributed by atoms with Crippen LogP contribution in [-0.2, 0) is 0 Å².